The highest BCUT2D eigenvalue weighted by Gasteiger charge is 2.21. The zero-order valence-electron chi connectivity index (χ0n) is 20.8. The van der Waals surface area contributed by atoms with Gasteiger partial charge in [-0.3, -0.25) is 0 Å². The minimum atomic E-state index is 0.0731. The topological polar surface area (TPSA) is 15.8 Å². The molecule has 0 saturated heterocycles. The van der Waals surface area contributed by atoms with Crippen molar-refractivity contribution in [3.8, 4) is 11.1 Å². The number of rotatable bonds is 1. The fraction of sp³-hybridized carbons (Fsp3) is 0.250. The maximum Gasteiger partial charge on any atom is 0.0465 e. The standard InChI is InChI=1S/C32H31NS/c1-31(2,3)20-12-14-29-25(16-20)26-18-21(32(4,5)6)17-23(30(26)34-29)19-11-13-28-24(15-19)22-9-7-8-10-27(22)33-28/h7-18,33H,1-6H3. The Morgan fingerprint density at radius 1 is 0.588 bits per heavy atom. The van der Waals surface area contributed by atoms with Crippen LogP contribution in [0, 0.1) is 0 Å². The summed E-state index contributed by atoms with van der Waals surface area (Å²) in [5, 5.41) is 5.34. The van der Waals surface area contributed by atoms with E-state index in [2.05, 4.69) is 119 Å². The van der Waals surface area contributed by atoms with Gasteiger partial charge in [-0.2, -0.15) is 0 Å². The predicted molar refractivity (Wildman–Crippen MR) is 152 cm³/mol. The van der Waals surface area contributed by atoms with Gasteiger partial charge >= 0.3 is 0 Å². The molecule has 0 unspecified atom stereocenters. The van der Waals surface area contributed by atoms with Crippen molar-refractivity contribution in [2.75, 3.05) is 0 Å². The number of nitrogens with one attached hydrogen (secondary N) is 1. The number of hydrogen-bond acceptors (Lipinski definition) is 1. The molecule has 6 aromatic rings. The van der Waals surface area contributed by atoms with Crippen LogP contribution in [0.15, 0.2) is 72.8 Å². The van der Waals surface area contributed by atoms with Crippen molar-refractivity contribution in [1.82, 2.24) is 4.98 Å². The van der Waals surface area contributed by atoms with E-state index < -0.39 is 0 Å². The van der Waals surface area contributed by atoms with Gasteiger partial charge in [-0.05, 0) is 75.5 Å². The third kappa shape index (κ3) is 3.35. The Kier molecular flexibility index (Phi) is 4.54. The number of thiophene rings is 1. The first-order valence-corrected chi connectivity index (χ1v) is 12.9. The van der Waals surface area contributed by atoms with E-state index in [1.165, 1.54) is 64.2 Å². The lowest BCUT2D eigenvalue weighted by Crippen LogP contribution is -2.11. The minimum absolute atomic E-state index is 0.0731. The lowest BCUT2D eigenvalue weighted by atomic mass is 9.83. The first-order chi connectivity index (χ1) is 16.1. The maximum atomic E-state index is 3.57. The summed E-state index contributed by atoms with van der Waals surface area (Å²) >= 11 is 1.93. The molecule has 0 aliphatic carbocycles. The molecule has 6 rings (SSSR count). The summed E-state index contributed by atoms with van der Waals surface area (Å²) in [5.74, 6) is 0. The van der Waals surface area contributed by atoms with Crippen LogP contribution in [0.1, 0.15) is 52.7 Å². The molecule has 2 heterocycles. The van der Waals surface area contributed by atoms with Crippen molar-refractivity contribution in [2.24, 2.45) is 0 Å². The number of aromatic amines is 1. The van der Waals surface area contributed by atoms with E-state index in [0.717, 1.165) is 0 Å². The van der Waals surface area contributed by atoms with Gasteiger partial charge in [0.15, 0.2) is 0 Å². The Hall–Kier alpha value is -3.10. The molecular weight excluding hydrogens is 430 g/mol. The monoisotopic (exact) mass is 461 g/mol. The van der Waals surface area contributed by atoms with Crippen molar-refractivity contribution in [2.45, 2.75) is 52.4 Å². The number of fused-ring (bicyclic) bond motifs is 6. The summed E-state index contributed by atoms with van der Waals surface area (Å²) in [6.07, 6.45) is 0. The van der Waals surface area contributed by atoms with Crippen LogP contribution in [0.3, 0.4) is 0 Å². The third-order valence-electron chi connectivity index (χ3n) is 7.12. The van der Waals surface area contributed by atoms with Gasteiger partial charge in [0.25, 0.3) is 0 Å². The van der Waals surface area contributed by atoms with E-state index in [1.54, 1.807) is 0 Å². The quantitative estimate of drug-likeness (QED) is 0.251. The summed E-state index contributed by atoms with van der Waals surface area (Å²) in [7, 11) is 0. The Bertz CT molecular complexity index is 1710. The largest absolute Gasteiger partial charge is 0.355 e. The molecule has 1 N–H and O–H groups in total. The van der Waals surface area contributed by atoms with Gasteiger partial charge < -0.3 is 4.98 Å². The second kappa shape index (κ2) is 7.20. The summed E-state index contributed by atoms with van der Waals surface area (Å²) in [4.78, 5) is 3.57. The summed E-state index contributed by atoms with van der Waals surface area (Å²) in [5.41, 5.74) is 8.00. The van der Waals surface area contributed by atoms with Crippen LogP contribution in [0.5, 0.6) is 0 Å². The molecule has 170 valence electrons. The molecular formula is C32H31NS. The molecule has 34 heavy (non-hydrogen) atoms. The Labute approximate surface area is 205 Å². The van der Waals surface area contributed by atoms with E-state index >= 15 is 0 Å². The third-order valence-corrected chi connectivity index (χ3v) is 8.34. The van der Waals surface area contributed by atoms with Crippen LogP contribution in [0.25, 0.3) is 53.1 Å². The van der Waals surface area contributed by atoms with Crippen LogP contribution < -0.4 is 0 Å². The predicted octanol–water partition coefficient (Wildman–Crippen LogP) is 9.95. The van der Waals surface area contributed by atoms with Crippen LogP contribution in [-0.4, -0.2) is 4.98 Å². The van der Waals surface area contributed by atoms with Gasteiger partial charge in [-0.25, -0.2) is 0 Å². The summed E-state index contributed by atoms with van der Waals surface area (Å²) < 4.78 is 2.75. The molecule has 0 radical (unpaired) electrons. The molecule has 2 aromatic heterocycles. The van der Waals surface area contributed by atoms with Crippen molar-refractivity contribution in [3.63, 3.8) is 0 Å². The zero-order valence-corrected chi connectivity index (χ0v) is 21.7. The summed E-state index contributed by atoms with van der Waals surface area (Å²) in [6, 6.07) is 27.4. The Balaban J connectivity index is 1.68. The fourth-order valence-electron chi connectivity index (χ4n) is 5.01. The van der Waals surface area contributed by atoms with Crippen LogP contribution >= 0.6 is 11.3 Å². The highest BCUT2D eigenvalue weighted by molar-refractivity contribution is 7.26. The smallest absolute Gasteiger partial charge is 0.0465 e. The SMILES string of the molecule is CC(C)(C)c1ccc2sc3c(-c4ccc5[nH]c6ccccc6c5c4)cc(C(C)(C)C)cc3c2c1. The zero-order chi connectivity index (χ0) is 23.8. The molecule has 1 nitrogen and oxygen atoms in total. The molecule has 0 atom stereocenters. The minimum Gasteiger partial charge on any atom is -0.355 e. The van der Waals surface area contributed by atoms with E-state index in [9.17, 15) is 0 Å². The van der Waals surface area contributed by atoms with E-state index in [-0.39, 0.29) is 10.8 Å². The first-order valence-electron chi connectivity index (χ1n) is 12.1. The first kappa shape index (κ1) is 21.4. The van der Waals surface area contributed by atoms with E-state index in [0.29, 0.717) is 0 Å². The van der Waals surface area contributed by atoms with E-state index in [4.69, 9.17) is 0 Å². The van der Waals surface area contributed by atoms with Crippen LogP contribution in [0.2, 0.25) is 0 Å². The molecule has 0 bridgehead atoms. The number of para-hydroxylation sites is 1. The Morgan fingerprint density at radius 2 is 1.29 bits per heavy atom. The van der Waals surface area contributed by atoms with Gasteiger partial charge in [-0.1, -0.05) is 71.9 Å². The van der Waals surface area contributed by atoms with Gasteiger partial charge in [0.2, 0.25) is 0 Å². The molecule has 0 saturated carbocycles. The fourth-order valence-corrected chi connectivity index (χ4v) is 6.21. The number of hydrogen-bond donors (Lipinski definition) is 1. The number of H-pyrrole nitrogens is 1. The average molecular weight is 462 g/mol. The molecule has 0 fully saturated rings. The molecule has 0 spiro atoms. The van der Waals surface area contributed by atoms with Crippen molar-refractivity contribution < 1.29 is 0 Å². The normalized spacial score (nSPS) is 13.0. The molecule has 2 heteroatoms. The number of aromatic nitrogens is 1. The van der Waals surface area contributed by atoms with Gasteiger partial charge in [0.05, 0.1) is 0 Å². The van der Waals surface area contributed by atoms with Crippen molar-refractivity contribution in [3.05, 3.63) is 83.9 Å². The highest BCUT2D eigenvalue weighted by atomic mass is 32.1. The second-order valence-electron chi connectivity index (χ2n) is 11.6. The van der Waals surface area contributed by atoms with Crippen LogP contribution in [0.4, 0.5) is 0 Å². The van der Waals surface area contributed by atoms with E-state index in [1.807, 2.05) is 11.3 Å². The van der Waals surface area contributed by atoms with Gasteiger partial charge in [-0.15, -0.1) is 11.3 Å². The number of benzene rings is 4. The van der Waals surface area contributed by atoms with Gasteiger partial charge in [0, 0.05) is 42.0 Å². The van der Waals surface area contributed by atoms with Crippen molar-refractivity contribution in [1.29, 1.82) is 0 Å². The molecule has 0 aliphatic rings. The maximum absolute atomic E-state index is 3.57. The molecule has 4 aromatic carbocycles. The average Bonchev–Trinajstić information content (AvgIpc) is 3.34. The molecule has 0 aliphatic heterocycles. The van der Waals surface area contributed by atoms with Gasteiger partial charge in [0.1, 0.15) is 0 Å². The second-order valence-corrected chi connectivity index (χ2v) is 12.7. The summed E-state index contributed by atoms with van der Waals surface area (Å²) in [6.45, 7) is 13.8. The Morgan fingerprint density at radius 3 is 2.06 bits per heavy atom. The van der Waals surface area contributed by atoms with Crippen molar-refractivity contribution >= 4 is 53.3 Å². The molecule has 0 amide bonds. The highest BCUT2D eigenvalue weighted by Crippen LogP contribution is 2.44. The lowest BCUT2D eigenvalue weighted by Gasteiger charge is -2.21. The van der Waals surface area contributed by atoms with Crippen LogP contribution in [-0.2, 0) is 10.8 Å². The lowest BCUT2D eigenvalue weighted by molar-refractivity contribution is 0.590.